The number of likely N-dealkylation sites (tertiary alicyclic amines) is 1. The van der Waals surface area contributed by atoms with Gasteiger partial charge >= 0.3 is 0 Å². The van der Waals surface area contributed by atoms with Gasteiger partial charge in [0.25, 0.3) is 0 Å². The van der Waals surface area contributed by atoms with E-state index in [1.807, 2.05) is 13.0 Å². The summed E-state index contributed by atoms with van der Waals surface area (Å²) in [4.78, 5) is 12.2. The Balaban J connectivity index is 1.46. The lowest BCUT2D eigenvalue weighted by atomic mass is 9.83. The Labute approximate surface area is 215 Å². The first-order valence-corrected chi connectivity index (χ1v) is 12.9. The Kier molecular flexibility index (Phi) is 6.82. The van der Waals surface area contributed by atoms with Crippen molar-refractivity contribution in [2.24, 2.45) is 11.7 Å². The number of rotatable bonds is 5. The molecule has 7 nitrogen and oxygen atoms in total. The normalized spacial score (nSPS) is 23.9. The smallest absolute Gasteiger partial charge is 0.190 e. The van der Waals surface area contributed by atoms with Crippen LogP contribution in [0.2, 0.25) is 10.0 Å². The van der Waals surface area contributed by atoms with Crippen LogP contribution in [0.1, 0.15) is 62.5 Å². The van der Waals surface area contributed by atoms with Crippen molar-refractivity contribution in [3.05, 3.63) is 57.5 Å². The molecule has 1 fully saturated rings. The molecule has 2 N–H and O–H groups in total. The summed E-state index contributed by atoms with van der Waals surface area (Å²) < 4.78 is 1.72. The Morgan fingerprint density at radius 3 is 2.86 bits per heavy atom. The largest absolute Gasteiger partial charge is 0.329 e. The second-order valence-electron chi connectivity index (χ2n) is 9.66. The van der Waals surface area contributed by atoms with Gasteiger partial charge in [0.2, 0.25) is 0 Å². The predicted octanol–water partition coefficient (Wildman–Crippen LogP) is 5.22. The van der Waals surface area contributed by atoms with Gasteiger partial charge in [-0.1, -0.05) is 42.3 Å². The van der Waals surface area contributed by atoms with Crippen molar-refractivity contribution in [3.8, 4) is 6.07 Å². The van der Waals surface area contributed by atoms with Crippen molar-refractivity contribution in [1.82, 2.24) is 24.6 Å². The van der Waals surface area contributed by atoms with Crippen LogP contribution in [0.5, 0.6) is 0 Å². The van der Waals surface area contributed by atoms with Gasteiger partial charge in [-0.15, -0.1) is 0 Å². The van der Waals surface area contributed by atoms with Crippen LogP contribution < -0.4 is 5.73 Å². The van der Waals surface area contributed by atoms with Crippen LogP contribution in [0.25, 0.3) is 16.7 Å². The number of nitrogens with zero attached hydrogens (tertiary/aromatic N) is 6. The van der Waals surface area contributed by atoms with Crippen LogP contribution in [0.15, 0.2) is 30.5 Å². The minimum Gasteiger partial charge on any atom is -0.329 e. The van der Waals surface area contributed by atoms with E-state index in [0.29, 0.717) is 39.2 Å². The third-order valence-corrected chi connectivity index (χ3v) is 8.10. The molecule has 1 saturated heterocycles. The lowest BCUT2D eigenvalue weighted by molar-refractivity contribution is 0.135. The molecule has 0 spiro atoms. The monoisotopic (exact) mass is 509 g/mol. The molecule has 3 heterocycles. The molecule has 0 radical (unpaired) electrons. The van der Waals surface area contributed by atoms with E-state index in [2.05, 4.69) is 29.1 Å². The lowest BCUT2D eigenvalue weighted by Crippen LogP contribution is -2.46. The van der Waals surface area contributed by atoms with E-state index in [0.717, 1.165) is 37.2 Å². The average molecular weight is 510 g/mol. The molecule has 2 aliphatic rings. The van der Waals surface area contributed by atoms with Crippen LogP contribution in [-0.4, -0.2) is 49.8 Å². The molecule has 35 heavy (non-hydrogen) atoms. The fourth-order valence-electron chi connectivity index (χ4n) is 5.66. The fraction of sp³-hybridized carbons (Fsp3) is 0.462. The van der Waals surface area contributed by atoms with Crippen molar-refractivity contribution >= 4 is 39.9 Å². The van der Waals surface area contributed by atoms with Crippen molar-refractivity contribution in [2.75, 3.05) is 13.1 Å². The van der Waals surface area contributed by atoms with E-state index in [4.69, 9.17) is 38.9 Å². The van der Waals surface area contributed by atoms with Crippen molar-refractivity contribution in [2.45, 2.75) is 57.7 Å². The average Bonchev–Trinajstić information content (AvgIpc) is 3.47. The lowest BCUT2D eigenvalue weighted by Gasteiger charge is -2.38. The molecule has 9 heteroatoms. The zero-order valence-electron chi connectivity index (χ0n) is 20.0. The SMILES string of the molecule is C[C@@H]1CC(c2cnc3c(n2)c(C#N)nn3[C@H](C)c2ccc(Cl)cc2Cl)=CC[C@@H]1N1CCC[C@H]1CN. The number of fused-ring (bicyclic) bond motifs is 1. The molecular weight excluding hydrogens is 481 g/mol. The second-order valence-corrected chi connectivity index (χ2v) is 10.5. The third kappa shape index (κ3) is 4.45. The molecule has 1 aliphatic carbocycles. The molecule has 0 unspecified atom stereocenters. The first kappa shape index (κ1) is 24.2. The van der Waals surface area contributed by atoms with Crippen LogP contribution in [0, 0.1) is 17.2 Å². The highest BCUT2D eigenvalue weighted by atomic mass is 35.5. The molecule has 4 atom stereocenters. The zero-order valence-corrected chi connectivity index (χ0v) is 21.5. The van der Waals surface area contributed by atoms with Gasteiger partial charge in [-0.3, -0.25) is 4.90 Å². The Bertz CT molecular complexity index is 1330. The number of aromatic nitrogens is 4. The van der Waals surface area contributed by atoms with Gasteiger partial charge in [-0.2, -0.15) is 10.4 Å². The molecule has 0 bridgehead atoms. The third-order valence-electron chi connectivity index (χ3n) is 7.54. The van der Waals surface area contributed by atoms with Crippen LogP contribution in [-0.2, 0) is 0 Å². The van der Waals surface area contributed by atoms with Gasteiger partial charge < -0.3 is 5.73 Å². The van der Waals surface area contributed by atoms with Crippen LogP contribution in [0.4, 0.5) is 0 Å². The van der Waals surface area contributed by atoms with Gasteiger partial charge in [0.05, 0.1) is 17.9 Å². The number of nitriles is 1. The summed E-state index contributed by atoms with van der Waals surface area (Å²) in [5.41, 5.74) is 10.2. The molecule has 1 aromatic carbocycles. The molecule has 1 aliphatic heterocycles. The molecule has 2 aromatic heterocycles. The van der Waals surface area contributed by atoms with Gasteiger partial charge in [0, 0.05) is 28.7 Å². The Morgan fingerprint density at radius 1 is 1.31 bits per heavy atom. The number of benzene rings is 1. The summed E-state index contributed by atoms with van der Waals surface area (Å²) in [7, 11) is 0. The number of hydrogen-bond acceptors (Lipinski definition) is 6. The number of hydrogen-bond donors (Lipinski definition) is 1. The van der Waals surface area contributed by atoms with Crippen LogP contribution in [0.3, 0.4) is 0 Å². The van der Waals surface area contributed by atoms with Gasteiger partial charge in [-0.25, -0.2) is 14.6 Å². The highest BCUT2D eigenvalue weighted by Gasteiger charge is 2.34. The maximum absolute atomic E-state index is 9.77. The number of nitrogens with two attached hydrogens (primary N) is 1. The topological polar surface area (TPSA) is 96.6 Å². The number of halogens is 2. The van der Waals surface area contributed by atoms with Gasteiger partial charge in [0.1, 0.15) is 11.6 Å². The van der Waals surface area contributed by atoms with Gasteiger partial charge in [0.15, 0.2) is 11.3 Å². The predicted molar refractivity (Wildman–Crippen MR) is 139 cm³/mol. The fourth-order valence-corrected chi connectivity index (χ4v) is 6.23. The van der Waals surface area contributed by atoms with Crippen LogP contribution >= 0.6 is 23.2 Å². The van der Waals surface area contributed by atoms with E-state index in [1.54, 1.807) is 23.0 Å². The maximum atomic E-state index is 9.77. The van der Waals surface area contributed by atoms with E-state index in [9.17, 15) is 5.26 Å². The molecule has 5 rings (SSSR count). The minimum atomic E-state index is -0.241. The van der Waals surface area contributed by atoms with E-state index in [-0.39, 0.29) is 11.7 Å². The summed E-state index contributed by atoms with van der Waals surface area (Å²) in [6, 6.07) is 8.32. The van der Waals surface area contributed by atoms with Crippen molar-refractivity contribution in [1.29, 1.82) is 5.26 Å². The summed E-state index contributed by atoms with van der Waals surface area (Å²) >= 11 is 12.5. The first-order chi connectivity index (χ1) is 16.9. The first-order valence-electron chi connectivity index (χ1n) is 12.2. The highest BCUT2D eigenvalue weighted by Crippen LogP contribution is 2.36. The van der Waals surface area contributed by atoms with Gasteiger partial charge in [-0.05, 0) is 68.3 Å². The highest BCUT2D eigenvalue weighted by molar-refractivity contribution is 6.35. The quantitative estimate of drug-likeness (QED) is 0.506. The van der Waals surface area contributed by atoms with E-state index >= 15 is 0 Å². The standard InChI is InChI=1S/C26H29Cl2N7/c1-15-10-17(5-8-24(15)34-9-3-4-19(34)12-29)23-14-31-26-25(32-23)22(13-30)33-35(26)16(2)20-7-6-18(27)11-21(20)28/h5-7,11,14-16,19,24H,3-4,8-10,12,29H2,1-2H3/t15-,16-,19+,24+/m1/s1. The molecule has 0 saturated carbocycles. The molecule has 182 valence electrons. The number of allylic oxidation sites excluding steroid dienone is 1. The summed E-state index contributed by atoms with van der Waals surface area (Å²) in [6.45, 7) is 6.14. The zero-order chi connectivity index (χ0) is 24.7. The molecular formula is C26H29Cl2N7. The summed E-state index contributed by atoms with van der Waals surface area (Å²) in [5.74, 6) is 0.491. The summed E-state index contributed by atoms with van der Waals surface area (Å²) in [6.07, 6.45) is 8.41. The maximum Gasteiger partial charge on any atom is 0.190 e. The van der Waals surface area contributed by atoms with E-state index < -0.39 is 0 Å². The Hall–Kier alpha value is -2.50. The molecule has 0 amide bonds. The van der Waals surface area contributed by atoms with Crippen molar-refractivity contribution < 1.29 is 0 Å². The minimum absolute atomic E-state index is 0.241. The second kappa shape index (κ2) is 9.87. The molecule has 3 aromatic rings. The van der Waals surface area contributed by atoms with Crippen molar-refractivity contribution in [3.63, 3.8) is 0 Å². The Morgan fingerprint density at radius 2 is 2.14 bits per heavy atom. The van der Waals surface area contributed by atoms with E-state index in [1.165, 1.54) is 18.4 Å². The summed E-state index contributed by atoms with van der Waals surface area (Å²) in [5, 5.41) is 15.4.